The summed E-state index contributed by atoms with van der Waals surface area (Å²) in [7, 11) is 64.4. The van der Waals surface area contributed by atoms with Crippen LogP contribution >= 0.6 is 0 Å². The molecule has 246 valence electrons. The maximum atomic E-state index is 14.8. The van der Waals surface area contributed by atoms with E-state index < -0.39 is 11.6 Å². The summed E-state index contributed by atoms with van der Waals surface area (Å²) < 4.78 is 29.6. The number of rotatable bonds is 6. The standard InChI is InChI=1S/C42H14B10F2N4/c43-31-33(45)37(49)41(38(50)34(31)46)57(21-5-9-25(53)19(13-21)15-55)27-12-4-18-2-8-24-28(11-3-17-1-7-23(27)30(18)29(17)24)58(22-6-10-26(54)20(14-22)16-56)42-39(51)35(47)32(44)36(48)40(42)52/h1-14H. The van der Waals surface area contributed by atoms with Crippen LogP contribution in [0.5, 0.6) is 0 Å². The Balaban J connectivity index is 1.49. The summed E-state index contributed by atoms with van der Waals surface area (Å²) in [5.74, 6) is -1.46. The fraction of sp³-hybridized carbons (Fsp3) is 0. The van der Waals surface area contributed by atoms with E-state index in [1.54, 1.807) is 9.80 Å². The molecule has 0 bridgehead atoms. The molecule has 0 aliphatic rings. The van der Waals surface area contributed by atoms with Crippen molar-refractivity contribution in [2.24, 2.45) is 0 Å². The number of benzene rings is 8. The van der Waals surface area contributed by atoms with Crippen LogP contribution in [0.15, 0.2) is 84.9 Å². The second-order valence-electron chi connectivity index (χ2n) is 13.6. The zero-order valence-electron chi connectivity index (χ0n) is 30.4. The molecule has 8 aromatic carbocycles. The molecule has 0 aliphatic carbocycles. The first-order chi connectivity index (χ1) is 27.7. The van der Waals surface area contributed by atoms with Gasteiger partial charge in [-0.15, -0.1) is 32.8 Å². The first-order valence-corrected chi connectivity index (χ1v) is 17.4. The van der Waals surface area contributed by atoms with Crippen molar-refractivity contribution in [3.05, 3.63) is 108 Å². The Morgan fingerprint density at radius 2 is 0.707 bits per heavy atom. The lowest BCUT2D eigenvalue weighted by Gasteiger charge is -2.34. The van der Waals surface area contributed by atoms with Gasteiger partial charge in [0.05, 0.1) is 22.5 Å². The topological polar surface area (TPSA) is 54.1 Å². The Morgan fingerprint density at radius 1 is 0.397 bits per heavy atom. The van der Waals surface area contributed by atoms with Gasteiger partial charge in [-0.05, 0) is 70.1 Å². The van der Waals surface area contributed by atoms with E-state index in [-0.39, 0.29) is 77.1 Å². The summed E-state index contributed by atoms with van der Waals surface area (Å²) >= 11 is 0. The van der Waals surface area contributed by atoms with Gasteiger partial charge in [0, 0.05) is 33.5 Å². The lowest BCUT2D eigenvalue weighted by atomic mass is 9.61. The predicted octanol–water partition coefficient (Wildman–Crippen LogP) is -0.517. The zero-order chi connectivity index (χ0) is 41.5. The average molecular weight is 721 g/mol. The van der Waals surface area contributed by atoms with E-state index in [9.17, 15) is 19.3 Å². The molecule has 0 aliphatic heterocycles. The average Bonchev–Trinajstić information content (AvgIpc) is 3.23. The monoisotopic (exact) mass is 722 g/mol. The number of halogens is 2. The Kier molecular flexibility index (Phi) is 9.60. The summed E-state index contributed by atoms with van der Waals surface area (Å²) in [6.45, 7) is 0. The van der Waals surface area contributed by atoms with Gasteiger partial charge in [-0.25, -0.2) is 8.78 Å². The molecule has 0 aromatic heterocycles. The SMILES string of the molecule is [B]c1c([B])c([B])c(N(c2ccc(F)c(C#N)c2)c2ccc3ccc4c(N(c5ccc(F)c(C#N)c5)c5c([B])c([B])c([B])c([B])c5[B])ccc5ccc2c3c54)c([B])c1[B]. The van der Waals surface area contributed by atoms with Gasteiger partial charge in [0.2, 0.25) is 0 Å². The van der Waals surface area contributed by atoms with Crippen molar-refractivity contribution in [3.63, 3.8) is 0 Å². The fourth-order valence-corrected chi connectivity index (χ4v) is 7.57. The molecule has 4 nitrogen and oxygen atoms in total. The van der Waals surface area contributed by atoms with E-state index >= 15 is 0 Å². The first kappa shape index (κ1) is 38.7. The Labute approximate surface area is 347 Å². The van der Waals surface area contributed by atoms with Gasteiger partial charge in [0.1, 0.15) is 102 Å². The number of hydrogen-bond donors (Lipinski definition) is 0. The van der Waals surface area contributed by atoms with Crippen molar-refractivity contribution in [1.29, 1.82) is 10.5 Å². The quantitative estimate of drug-likeness (QED) is 0.172. The number of nitriles is 2. The third-order valence-corrected chi connectivity index (χ3v) is 10.5. The van der Waals surface area contributed by atoms with Crippen LogP contribution < -0.4 is 64.4 Å². The summed E-state index contributed by atoms with van der Waals surface area (Å²) in [5.41, 5.74) is 1.45. The van der Waals surface area contributed by atoms with Gasteiger partial charge >= 0.3 is 0 Å². The van der Waals surface area contributed by atoms with E-state index in [0.29, 0.717) is 33.5 Å². The van der Waals surface area contributed by atoms with E-state index in [2.05, 4.69) is 0 Å². The molecule has 58 heavy (non-hydrogen) atoms. The third-order valence-electron chi connectivity index (χ3n) is 10.5. The van der Waals surface area contributed by atoms with Crippen LogP contribution in [0.4, 0.5) is 42.9 Å². The van der Waals surface area contributed by atoms with Gasteiger partial charge in [-0.2, -0.15) is 10.5 Å². The van der Waals surface area contributed by atoms with E-state index in [1.165, 1.54) is 24.3 Å². The second kappa shape index (κ2) is 14.4. The fourth-order valence-electron chi connectivity index (χ4n) is 7.57. The highest BCUT2D eigenvalue weighted by Gasteiger charge is 2.26. The maximum absolute atomic E-state index is 14.8. The van der Waals surface area contributed by atoms with Crippen LogP contribution in [0.1, 0.15) is 11.1 Å². The lowest BCUT2D eigenvalue weighted by molar-refractivity contribution is 0.623. The maximum Gasteiger partial charge on any atom is 0.141 e. The van der Waals surface area contributed by atoms with Gasteiger partial charge in [0.15, 0.2) is 0 Å². The third kappa shape index (κ3) is 5.76. The smallest absolute Gasteiger partial charge is 0.141 e. The molecule has 0 unspecified atom stereocenters. The highest BCUT2D eigenvalue weighted by molar-refractivity contribution is 6.70. The Hall–Kier alpha value is -6.11. The van der Waals surface area contributed by atoms with Crippen LogP contribution in [-0.2, 0) is 0 Å². The minimum atomic E-state index is -0.732. The van der Waals surface area contributed by atoms with Crippen LogP contribution in [0.3, 0.4) is 0 Å². The molecule has 0 spiro atoms. The molecule has 16 heteroatoms. The molecule has 20 radical (unpaired) electrons. The van der Waals surface area contributed by atoms with Gasteiger partial charge in [0.25, 0.3) is 0 Å². The molecule has 0 atom stereocenters. The molecule has 0 fully saturated rings. The van der Waals surface area contributed by atoms with E-state index in [1.807, 2.05) is 60.7 Å². The van der Waals surface area contributed by atoms with Crippen LogP contribution in [0.2, 0.25) is 0 Å². The van der Waals surface area contributed by atoms with Crippen molar-refractivity contribution in [1.82, 2.24) is 0 Å². The molecule has 0 saturated carbocycles. The van der Waals surface area contributed by atoms with Gasteiger partial charge in [-0.1, -0.05) is 58.2 Å². The summed E-state index contributed by atoms with van der Waals surface area (Å²) in [4.78, 5) is 3.30. The van der Waals surface area contributed by atoms with Crippen LogP contribution in [0, 0.1) is 34.3 Å². The Bertz CT molecular complexity index is 2890. The minimum Gasteiger partial charge on any atom is -0.311 e. The molecular weight excluding hydrogens is 707 g/mol. The van der Waals surface area contributed by atoms with Gasteiger partial charge in [-0.3, -0.25) is 0 Å². The predicted molar refractivity (Wildman–Crippen MR) is 243 cm³/mol. The molecule has 0 saturated heterocycles. The normalized spacial score (nSPS) is 11.2. The van der Waals surface area contributed by atoms with E-state index in [0.717, 1.165) is 33.7 Å². The van der Waals surface area contributed by atoms with Crippen molar-refractivity contribution in [2.75, 3.05) is 9.80 Å². The molecule has 0 amide bonds. The number of hydrogen-bond acceptors (Lipinski definition) is 4. The number of nitrogens with zero attached hydrogens (tertiary/aromatic N) is 4. The van der Waals surface area contributed by atoms with Crippen molar-refractivity contribution < 1.29 is 8.78 Å². The summed E-state index contributed by atoms with van der Waals surface area (Å²) in [6.07, 6.45) is 0. The van der Waals surface area contributed by atoms with Crippen molar-refractivity contribution >= 4 is 200 Å². The van der Waals surface area contributed by atoms with Crippen LogP contribution in [0.25, 0.3) is 32.3 Å². The van der Waals surface area contributed by atoms with E-state index in [4.69, 9.17) is 78.5 Å². The minimum absolute atomic E-state index is 0.00285. The van der Waals surface area contributed by atoms with Gasteiger partial charge < -0.3 is 9.80 Å². The highest BCUT2D eigenvalue weighted by Crippen LogP contribution is 2.46. The second-order valence-corrected chi connectivity index (χ2v) is 13.6. The number of anilines is 6. The first-order valence-electron chi connectivity index (χ1n) is 17.4. The summed E-state index contributed by atoms with van der Waals surface area (Å²) in [5, 5.41) is 24.2. The Morgan fingerprint density at radius 3 is 1.03 bits per heavy atom. The molecule has 8 aromatic rings. The van der Waals surface area contributed by atoms with Crippen molar-refractivity contribution in [2.45, 2.75) is 0 Å². The lowest BCUT2D eigenvalue weighted by Crippen LogP contribution is -2.56. The molecular formula is C42H14B10F2N4. The van der Waals surface area contributed by atoms with Crippen LogP contribution in [-0.4, -0.2) is 78.5 Å². The largest absolute Gasteiger partial charge is 0.311 e. The molecule has 0 heterocycles. The molecule has 8 rings (SSSR count). The van der Waals surface area contributed by atoms with Crippen molar-refractivity contribution in [3.8, 4) is 12.1 Å². The molecule has 0 N–H and O–H groups in total. The zero-order valence-corrected chi connectivity index (χ0v) is 30.4. The summed E-state index contributed by atoms with van der Waals surface area (Å²) in [6, 6.07) is 26.8. The highest BCUT2D eigenvalue weighted by atomic mass is 19.1.